The van der Waals surface area contributed by atoms with Crippen molar-refractivity contribution in [2.24, 2.45) is 5.92 Å². The van der Waals surface area contributed by atoms with Crippen LogP contribution in [0.2, 0.25) is 5.02 Å². The Labute approximate surface area is 154 Å². The van der Waals surface area contributed by atoms with E-state index in [1.165, 1.54) is 17.8 Å². The fraction of sp³-hybridized carbons (Fsp3) is 0.588. The van der Waals surface area contributed by atoms with Crippen LogP contribution in [0.4, 0.5) is 5.69 Å². The average molecular weight is 389 g/mol. The second-order valence-electron chi connectivity index (χ2n) is 6.28. The lowest BCUT2D eigenvalue weighted by Crippen LogP contribution is -2.40. The normalized spacial score (nSPS) is 15.6. The zero-order chi connectivity index (χ0) is 18.4. The average Bonchev–Trinajstić information content (AvgIpc) is 2.58. The molecule has 6 nitrogen and oxygen atoms in total. The third kappa shape index (κ3) is 5.51. The van der Waals surface area contributed by atoms with Gasteiger partial charge in [-0.25, -0.2) is 8.42 Å². The van der Waals surface area contributed by atoms with Gasteiger partial charge in [-0.1, -0.05) is 30.9 Å². The van der Waals surface area contributed by atoms with E-state index in [-0.39, 0.29) is 24.9 Å². The fourth-order valence-corrected chi connectivity index (χ4v) is 4.26. The molecular weight excluding hydrogens is 364 g/mol. The molecule has 0 aliphatic heterocycles. The van der Waals surface area contributed by atoms with E-state index in [1.807, 2.05) is 0 Å². The maximum atomic E-state index is 12.2. The molecule has 0 radical (unpaired) electrons. The summed E-state index contributed by atoms with van der Waals surface area (Å²) >= 11 is 6.09. The molecule has 1 aliphatic carbocycles. The first-order valence-electron chi connectivity index (χ1n) is 8.42. The van der Waals surface area contributed by atoms with Crippen molar-refractivity contribution in [3.8, 4) is 5.75 Å². The molecule has 8 heteroatoms. The first-order valence-corrected chi connectivity index (χ1v) is 10.6. The Morgan fingerprint density at radius 1 is 1.32 bits per heavy atom. The predicted octanol–water partition coefficient (Wildman–Crippen LogP) is 2.81. The maximum Gasteiger partial charge on any atom is 0.232 e. The van der Waals surface area contributed by atoms with E-state index in [9.17, 15) is 13.2 Å². The number of anilines is 1. The highest BCUT2D eigenvalue weighted by Crippen LogP contribution is 2.30. The Morgan fingerprint density at radius 3 is 2.56 bits per heavy atom. The largest absolute Gasteiger partial charge is 0.495 e. The molecule has 25 heavy (non-hydrogen) atoms. The van der Waals surface area contributed by atoms with Crippen molar-refractivity contribution in [2.75, 3.05) is 30.8 Å². The quantitative estimate of drug-likeness (QED) is 0.779. The number of benzene rings is 1. The Morgan fingerprint density at radius 2 is 2.00 bits per heavy atom. The number of halogens is 1. The van der Waals surface area contributed by atoms with Gasteiger partial charge in [-0.3, -0.25) is 9.10 Å². The van der Waals surface area contributed by atoms with Crippen molar-refractivity contribution in [3.05, 3.63) is 23.2 Å². The van der Waals surface area contributed by atoms with Crippen LogP contribution in [0.3, 0.4) is 0 Å². The van der Waals surface area contributed by atoms with Gasteiger partial charge in [0, 0.05) is 12.5 Å². The summed E-state index contributed by atoms with van der Waals surface area (Å²) < 4.78 is 30.6. The first kappa shape index (κ1) is 19.8. The van der Waals surface area contributed by atoms with Crippen molar-refractivity contribution in [1.29, 1.82) is 0 Å². The van der Waals surface area contributed by atoms with Crippen LogP contribution < -0.4 is 14.4 Å². The number of hydrogen-bond donors (Lipinski definition) is 1. The molecule has 0 aromatic heterocycles. The number of carbonyl (C=O) groups is 1. The number of nitrogens with one attached hydrogen (secondary N) is 1. The third-order valence-corrected chi connectivity index (χ3v) is 5.90. The van der Waals surface area contributed by atoms with Gasteiger partial charge in [0.05, 0.1) is 30.6 Å². The third-order valence-electron chi connectivity index (χ3n) is 4.41. The van der Waals surface area contributed by atoms with Crippen molar-refractivity contribution < 1.29 is 17.9 Å². The van der Waals surface area contributed by atoms with E-state index in [0.29, 0.717) is 16.5 Å². The summed E-state index contributed by atoms with van der Waals surface area (Å²) in [5.41, 5.74) is 0.445. The number of carbonyl (C=O) groups excluding carboxylic acids is 1. The minimum Gasteiger partial charge on any atom is -0.495 e. The Hall–Kier alpha value is -1.47. The number of rotatable bonds is 7. The van der Waals surface area contributed by atoms with Crippen molar-refractivity contribution >= 4 is 33.2 Å². The zero-order valence-corrected chi connectivity index (χ0v) is 16.2. The van der Waals surface area contributed by atoms with Gasteiger partial charge in [-0.2, -0.15) is 0 Å². The van der Waals surface area contributed by atoms with E-state index in [0.717, 1.165) is 31.9 Å². The van der Waals surface area contributed by atoms with Gasteiger partial charge in [0.25, 0.3) is 0 Å². The summed E-state index contributed by atoms with van der Waals surface area (Å²) in [7, 11) is -2.00. The highest BCUT2D eigenvalue weighted by atomic mass is 35.5. The molecule has 2 rings (SSSR count). The summed E-state index contributed by atoms with van der Waals surface area (Å²) in [4.78, 5) is 12.2. The molecule has 0 spiro atoms. The molecule has 0 heterocycles. The van der Waals surface area contributed by atoms with Crippen LogP contribution in [-0.2, 0) is 14.8 Å². The minimum absolute atomic E-state index is 0.0147. The van der Waals surface area contributed by atoms with Gasteiger partial charge in [0.15, 0.2) is 0 Å². The van der Waals surface area contributed by atoms with Gasteiger partial charge >= 0.3 is 0 Å². The topological polar surface area (TPSA) is 75.7 Å². The van der Waals surface area contributed by atoms with E-state index < -0.39 is 10.0 Å². The number of ether oxygens (including phenoxy) is 1. The predicted molar refractivity (Wildman–Crippen MR) is 99.8 cm³/mol. The molecule has 1 aromatic carbocycles. The summed E-state index contributed by atoms with van der Waals surface area (Å²) in [6.45, 7) is 0.409. The molecule has 1 amide bonds. The second kappa shape index (κ2) is 8.76. The zero-order valence-electron chi connectivity index (χ0n) is 14.6. The van der Waals surface area contributed by atoms with Crippen LogP contribution in [0.5, 0.6) is 5.75 Å². The fourth-order valence-electron chi connectivity index (χ4n) is 3.09. The molecule has 1 aromatic rings. The highest BCUT2D eigenvalue weighted by Gasteiger charge is 2.22. The standard InChI is InChI=1S/C17H25ClN2O4S/c1-24-16-9-8-14(12-15(16)18)20(25(2,22)23)11-10-19-17(21)13-6-4-3-5-7-13/h8-9,12-13H,3-7,10-11H2,1-2H3,(H,19,21). The number of methoxy groups -OCH3 is 1. The van der Waals surface area contributed by atoms with Gasteiger partial charge in [0.1, 0.15) is 5.75 Å². The van der Waals surface area contributed by atoms with E-state index in [4.69, 9.17) is 16.3 Å². The molecule has 1 N–H and O–H groups in total. The lowest BCUT2D eigenvalue weighted by atomic mass is 9.89. The lowest BCUT2D eigenvalue weighted by Gasteiger charge is -2.25. The molecule has 0 saturated heterocycles. The molecule has 0 bridgehead atoms. The molecule has 1 fully saturated rings. The number of amides is 1. The van der Waals surface area contributed by atoms with E-state index in [1.54, 1.807) is 18.2 Å². The van der Waals surface area contributed by atoms with Crippen LogP contribution in [0.25, 0.3) is 0 Å². The van der Waals surface area contributed by atoms with Crippen LogP contribution >= 0.6 is 11.6 Å². The summed E-state index contributed by atoms with van der Waals surface area (Å²) in [5, 5.41) is 3.19. The molecular formula is C17H25ClN2O4S. The Bertz CT molecular complexity index is 703. The maximum absolute atomic E-state index is 12.2. The van der Waals surface area contributed by atoms with Crippen molar-refractivity contribution in [2.45, 2.75) is 32.1 Å². The Kier molecular flexibility index (Phi) is 6.95. The molecule has 0 unspecified atom stereocenters. The second-order valence-corrected chi connectivity index (χ2v) is 8.59. The molecule has 1 aliphatic rings. The van der Waals surface area contributed by atoms with E-state index >= 15 is 0 Å². The van der Waals surface area contributed by atoms with Crippen LogP contribution in [0.15, 0.2) is 18.2 Å². The highest BCUT2D eigenvalue weighted by molar-refractivity contribution is 7.92. The molecule has 0 atom stereocenters. The summed E-state index contributed by atoms with van der Waals surface area (Å²) in [5.74, 6) is 0.543. The van der Waals surface area contributed by atoms with Crippen LogP contribution in [0.1, 0.15) is 32.1 Å². The SMILES string of the molecule is COc1ccc(N(CCNC(=O)C2CCCCC2)S(C)(=O)=O)cc1Cl. The van der Waals surface area contributed by atoms with E-state index in [2.05, 4.69) is 5.32 Å². The van der Waals surface area contributed by atoms with Gasteiger partial charge < -0.3 is 10.1 Å². The summed E-state index contributed by atoms with van der Waals surface area (Å²) in [6, 6.07) is 4.80. The first-order chi connectivity index (χ1) is 11.8. The van der Waals surface area contributed by atoms with Gasteiger partial charge in [-0.05, 0) is 31.0 Å². The van der Waals surface area contributed by atoms with Crippen molar-refractivity contribution in [3.63, 3.8) is 0 Å². The number of nitrogens with zero attached hydrogens (tertiary/aromatic N) is 1. The molecule has 1 saturated carbocycles. The van der Waals surface area contributed by atoms with Crippen LogP contribution in [0, 0.1) is 5.92 Å². The number of hydrogen-bond acceptors (Lipinski definition) is 4. The smallest absolute Gasteiger partial charge is 0.232 e. The Balaban J connectivity index is 2.01. The molecule has 140 valence electrons. The monoisotopic (exact) mass is 388 g/mol. The number of sulfonamides is 1. The van der Waals surface area contributed by atoms with Gasteiger partial charge in [-0.15, -0.1) is 0 Å². The lowest BCUT2D eigenvalue weighted by molar-refractivity contribution is -0.125. The van der Waals surface area contributed by atoms with Crippen LogP contribution in [-0.4, -0.2) is 40.8 Å². The van der Waals surface area contributed by atoms with Crippen molar-refractivity contribution in [1.82, 2.24) is 5.32 Å². The van der Waals surface area contributed by atoms with Gasteiger partial charge in [0.2, 0.25) is 15.9 Å². The summed E-state index contributed by atoms with van der Waals surface area (Å²) in [6.07, 6.45) is 6.30. The minimum atomic E-state index is -3.49.